The molecule has 0 fully saturated rings. The summed E-state index contributed by atoms with van der Waals surface area (Å²) in [4.78, 5) is 16.1. The van der Waals surface area contributed by atoms with Crippen molar-refractivity contribution in [2.24, 2.45) is 0 Å². The Labute approximate surface area is 157 Å². The van der Waals surface area contributed by atoms with Gasteiger partial charge in [0.15, 0.2) is 11.5 Å². The average Bonchev–Trinajstić information content (AvgIpc) is 2.78. The van der Waals surface area contributed by atoms with Crippen molar-refractivity contribution in [2.45, 2.75) is 23.5 Å². The molecule has 0 saturated carbocycles. The average molecular weight is 378 g/mol. The van der Waals surface area contributed by atoms with Gasteiger partial charge in [0.2, 0.25) is 0 Å². The van der Waals surface area contributed by atoms with Crippen LogP contribution in [0.2, 0.25) is 5.02 Å². The number of anilines is 1. The number of hydrogen-bond donors (Lipinski definition) is 0. The molecule has 0 aliphatic carbocycles. The van der Waals surface area contributed by atoms with Crippen LogP contribution in [-0.2, 0) is 0 Å². The Balaban J connectivity index is 2.02. The van der Waals surface area contributed by atoms with Crippen LogP contribution in [0.4, 0.5) is 5.69 Å². The zero-order chi connectivity index (χ0) is 18.0. The summed E-state index contributed by atoms with van der Waals surface area (Å²) in [5.74, 6) is 0.787. The van der Waals surface area contributed by atoms with Gasteiger partial charge in [-0.3, -0.25) is 4.79 Å². The highest BCUT2D eigenvalue weighted by molar-refractivity contribution is 8.00. The normalized spacial score (nSPS) is 16.8. The van der Waals surface area contributed by atoms with Gasteiger partial charge in [0.25, 0.3) is 5.91 Å². The summed E-state index contributed by atoms with van der Waals surface area (Å²) < 4.78 is 10.6. The van der Waals surface area contributed by atoms with Gasteiger partial charge >= 0.3 is 0 Å². The van der Waals surface area contributed by atoms with Crippen LogP contribution in [0.15, 0.2) is 41.3 Å². The molecule has 2 aromatic carbocycles. The summed E-state index contributed by atoms with van der Waals surface area (Å²) in [5, 5.41) is 0.809. The number of nitrogens with zero attached hydrogens (tertiary/aromatic N) is 1. The maximum atomic E-state index is 13.2. The highest BCUT2D eigenvalue weighted by atomic mass is 35.5. The number of rotatable bonds is 3. The number of hydrogen-bond acceptors (Lipinski definition) is 4. The fourth-order valence-corrected chi connectivity index (χ4v) is 4.30. The van der Waals surface area contributed by atoms with Crippen molar-refractivity contribution in [3.05, 3.63) is 47.0 Å². The van der Waals surface area contributed by atoms with Gasteiger partial charge in [0, 0.05) is 22.3 Å². The summed E-state index contributed by atoms with van der Waals surface area (Å²) in [6.07, 6.45) is 0.923. The Bertz CT molecular complexity index is 796. The predicted octanol–water partition coefficient (Wildman–Crippen LogP) is 4.89. The number of carbonyl (C=O) groups excluding carboxylic acids is 1. The largest absolute Gasteiger partial charge is 0.493 e. The molecule has 0 saturated heterocycles. The van der Waals surface area contributed by atoms with Crippen LogP contribution in [-0.4, -0.2) is 31.9 Å². The summed E-state index contributed by atoms with van der Waals surface area (Å²) in [6, 6.07) is 11.3. The van der Waals surface area contributed by atoms with Gasteiger partial charge in [-0.2, -0.15) is 0 Å². The van der Waals surface area contributed by atoms with Gasteiger partial charge in [-0.1, -0.05) is 30.7 Å². The van der Waals surface area contributed by atoms with Crippen molar-refractivity contribution >= 4 is 35.0 Å². The van der Waals surface area contributed by atoms with E-state index in [0.29, 0.717) is 33.9 Å². The summed E-state index contributed by atoms with van der Waals surface area (Å²) in [5.41, 5.74) is 1.42. The smallest absolute Gasteiger partial charge is 0.258 e. The van der Waals surface area contributed by atoms with E-state index in [2.05, 4.69) is 13.0 Å². The highest BCUT2D eigenvalue weighted by Crippen LogP contribution is 2.40. The number of para-hydroxylation sites is 1. The van der Waals surface area contributed by atoms with Crippen molar-refractivity contribution in [3.8, 4) is 11.5 Å². The van der Waals surface area contributed by atoms with Crippen molar-refractivity contribution in [1.82, 2.24) is 0 Å². The van der Waals surface area contributed by atoms with Crippen LogP contribution in [0.5, 0.6) is 11.5 Å². The Morgan fingerprint density at radius 1 is 1.24 bits per heavy atom. The predicted molar refractivity (Wildman–Crippen MR) is 103 cm³/mol. The van der Waals surface area contributed by atoms with E-state index in [1.807, 2.05) is 23.1 Å². The van der Waals surface area contributed by atoms with E-state index in [1.54, 1.807) is 23.9 Å². The van der Waals surface area contributed by atoms with E-state index in [1.165, 1.54) is 14.2 Å². The van der Waals surface area contributed by atoms with Gasteiger partial charge in [-0.15, -0.1) is 11.8 Å². The van der Waals surface area contributed by atoms with E-state index < -0.39 is 0 Å². The second-order valence-electron chi connectivity index (χ2n) is 5.84. The van der Waals surface area contributed by atoms with E-state index in [9.17, 15) is 4.79 Å². The number of halogens is 1. The van der Waals surface area contributed by atoms with Gasteiger partial charge in [0.1, 0.15) is 0 Å². The second kappa shape index (κ2) is 7.58. The lowest BCUT2D eigenvalue weighted by Gasteiger charge is -2.23. The topological polar surface area (TPSA) is 38.8 Å². The Hall–Kier alpha value is -1.85. The standard InChI is InChI=1S/C19H20ClNO3S/c1-12-8-9-21(15-6-4-5-7-17(15)25-12)19(22)13-10-14(20)18(24-3)16(11-13)23-2/h4-7,10-12H,8-9H2,1-3H3/t12-/m1/s1. The highest BCUT2D eigenvalue weighted by Gasteiger charge is 2.26. The third-order valence-electron chi connectivity index (χ3n) is 4.17. The minimum absolute atomic E-state index is 0.0926. The lowest BCUT2D eigenvalue weighted by molar-refractivity contribution is 0.0986. The first kappa shape index (κ1) is 18.0. The molecule has 4 nitrogen and oxygen atoms in total. The number of thioether (sulfide) groups is 1. The van der Waals surface area contributed by atoms with Crippen LogP contribution in [0.25, 0.3) is 0 Å². The molecule has 0 bridgehead atoms. The number of fused-ring (bicyclic) bond motifs is 1. The molecule has 0 radical (unpaired) electrons. The van der Waals surface area contributed by atoms with E-state index in [4.69, 9.17) is 21.1 Å². The molecule has 2 aromatic rings. The maximum absolute atomic E-state index is 13.2. The third kappa shape index (κ3) is 3.58. The Morgan fingerprint density at radius 2 is 2.00 bits per heavy atom. The SMILES string of the molecule is COc1cc(C(=O)N2CC[C@@H](C)Sc3ccccc32)cc(Cl)c1OC. The van der Waals surface area contributed by atoms with Crippen LogP contribution in [0, 0.1) is 0 Å². The van der Waals surface area contributed by atoms with Crippen LogP contribution in [0.3, 0.4) is 0 Å². The molecule has 132 valence electrons. The zero-order valence-corrected chi connectivity index (χ0v) is 16.0. The quantitative estimate of drug-likeness (QED) is 0.763. The van der Waals surface area contributed by atoms with Crippen LogP contribution in [0.1, 0.15) is 23.7 Å². The number of methoxy groups -OCH3 is 2. The molecule has 1 heterocycles. The first-order valence-corrected chi connectivity index (χ1v) is 9.30. The number of carbonyl (C=O) groups is 1. The van der Waals surface area contributed by atoms with Gasteiger partial charge in [-0.25, -0.2) is 0 Å². The van der Waals surface area contributed by atoms with Crippen molar-refractivity contribution < 1.29 is 14.3 Å². The number of ether oxygens (including phenoxy) is 2. The fourth-order valence-electron chi connectivity index (χ4n) is 2.90. The molecule has 6 heteroatoms. The molecular weight excluding hydrogens is 358 g/mol. The molecule has 1 atom stereocenters. The fraction of sp³-hybridized carbons (Fsp3) is 0.316. The number of benzene rings is 2. The summed E-state index contributed by atoms with van der Waals surface area (Å²) in [7, 11) is 3.05. The minimum Gasteiger partial charge on any atom is -0.493 e. The lowest BCUT2D eigenvalue weighted by atomic mass is 10.1. The summed E-state index contributed by atoms with van der Waals surface area (Å²) >= 11 is 8.07. The van der Waals surface area contributed by atoms with Gasteiger partial charge in [-0.05, 0) is 30.7 Å². The molecule has 1 aliphatic heterocycles. The third-order valence-corrected chi connectivity index (χ3v) is 5.69. The molecule has 1 amide bonds. The summed E-state index contributed by atoms with van der Waals surface area (Å²) in [6.45, 7) is 2.85. The van der Waals surface area contributed by atoms with Crippen molar-refractivity contribution in [2.75, 3.05) is 25.7 Å². The van der Waals surface area contributed by atoms with Gasteiger partial charge in [0.05, 0.1) is 24.9 Å². The molecule has 1 aliphatic rings. The Morgan fingerprint density at radius 3 is 2.72 bits per heavy atom. The Kier molecular flexibility index (Phi) is 5.45. The van der Waals surface area contributed by atoms with Crippen molar-refractivity contribution in [3.63, 3.8) is 0 Å². The first-order valence-electron chi connectivity index (χ1n) is 8.04. The van der Waals surface area contributed by atoms with E-state index in [0.717, 1.165) is 17.0 Å². The molecule has 3 rings (SSSR count). The second-order valence-corrected chi connectivity index (χ2v) is 7.72. The molecular formula is C19H20ClNO3S. The van der Waals surface area contributed by atoms with Gasteiger partial charge < -0.3 is 14.4 Å². The van der Waals surface area contributed by atoms with E-state index in [-0.39, 0.29) is 5.91 Å². The molecule has 0 N–H and O–H groups in total. The minimum atomic E-state index is -0.0926. The zero-order valence-electron chi connectivity index (χ0n) is 14.4. The van der Waals surface area contributed by atoms with E-state index >= 15 is 0 Å². The van der Waals surface area contributed by atoms with Crippen LogP contribution >= 0.6 is 23.4 Å². The molecule has 0 aromatic heterocycles. The molecule has 25 heavy (non-hydrogen) atoms. The monoisotopic (exact) mass is 377 g/mol. The number of amides is 1. The molecule has 0 spiro atoms. The lowest BCUT2D eigenvalue weighted by Crippen LogP contribution is -2.32. The molecule has 0 unspecified atom stereocenters. The first-order chi connectivity index (χ1) is 12.0. The maximum Gasteiger partial charge on any atom is 0.258 e. The van der Waals surface area contributed by atoms with Crippen molar-refractivity contribution in [1.29, 1.82) is 0 Å². The van der Waals surface area contributed by atoms with Crippen LogP contribution < -0.4 is 14.4 Å².